The van der Waals surface area contributed by atoms with Crippen LogP contribution in [0.4, 0.5) is 11.5 Å². The van der Waals surface area contributed by atoms with Crippen LogP contribution in [0.25, 0.3) is 0 Å². The van der Waals surface area contributed by atoms with Crippen molar-refractivity contribution in [2.24, 2.45) is 0 Å². The van der Waals surface area contributed by atoms with Gasteiger partial charge in [0, 0.05) is 5.75 Å². The Hall–Kier alpha value is -1.64. The molecule has 0 aliphatic carbocycles. The zero-order chi connectivity index (χ0) is 13.2. The highest BCUT2D eigenvalue weighted by Crippen LogP contribution is 2.24. The Balaban J connectivity index is 2.95. The molecule has 0 amide bonds. The molecule has 9 heteroatoms. The minimum atomic E-state index is -3.14. The molecule has 1 heterocycles. The van der Waals surface area contributed by atoms with Gasteiger partial charge in [0.25, 0.3) is 0 Å². The first-order chi connectivity index (χ1) is 7.78. The molecule has 0 aromatic carbocycles. The van der Waals surface area contributed by atoms with E-state index in [2.05, 4.69) is 5.10 Å². The number of aromatic nitrogens is 2. The number of nitrogens with zero attached hydrogens (tertiary/aromatic N) is 3. The fourth-order valence-corrected chi connectivity index (χ4v) is 2.10. The Morgan fingerprint density at radius 3 is 2.53 bits per heavy atom. The van der Waals surface area contributed by atoms with E-state index < -0.39 is 14.8 Å². The highest BCUT2D eigenvalue weighted by atomic mass is 32.2. The lowest BCUT2D eigenvalue weighted by atomic mass is 10.4. The minimum absolute atomic E-state index is 0.0231. The third kappa shape index (κ3) is 2.93. The molecule has 8 nitrogen and oxygen atoms in total. The summed E-state index contributed by atoms with van der Waals surface area (Å²) in [6, 6.07) is 0. The molecule has 2 N–H and O–H groups in total. The number of hydrogen-bond acceptors (Lipinski definition) is 6. The van der Waals surface area contributed by atoms with Crippen LogP contribution < -0.4 is 5.73 Å². The normalized spacial score (nSPS) is 11.6. The van der Waals surface area contributed by atoms with E-state index in [1.807, 2.05) is 0 Å². The largest absolute Gasteiger partial charge is 0.378 e. The van der Waals surface area contributed by atoms with E-state index in [0.717, 1.165) is 4.68 Å². The van der Waals surface area contributed by atoms with Crippen molar-refractivity contribution in [1.82, 2.24) is 9.78 Å². The zero-order valence-corrected chi connectivity index (χ0v) is 10.4. The lowest BCUT2D eigenvalue weighted by Gasteiger charge is -2.03. The summed E-state index contributed by atoms with van der Waals surface area (Å²) in [7, 11) is -3.14. The Bertz CT molecular complexity index is 534. The number of anilines is 1. The summed E-state index contributed by atoms with van der Waals surface area (Å²) in [5.74, 6) is -0.222. The van der Waals surface area contributed by atoms with Crippen LogP contribution in [-0.2, 0) is 16.4 Å². The fourth-order valence-electron chi connectivity index (χ4n) is 1.36. The van der Waals surface area contributed by atoms with Gasteiger partial charge in [0.1, 0.15) is 5.69 Å². The first kappa shape index (κ1) is 13.4. The molecule has 1 rings (SSSR count). The number of nitrogen functional groups attached to an aromatic ring is 1. The summed E-state index contributed by atoms with van der Waals surface area (Å²) < 4.78 is 23.7. The minimum Gasteiger partial charge on any atom is -0.378 e. The summed E-state index contributed by atoms with van der Waals surface area (Å²) in [5, 5.41) is 14.5. The van der Waals surface area contributed by atoms with E-state index in [1.165, 1.54) is 13.8 Å². The van der Waals surface area contributed by atoms with Crippen molar-refractivity contribution in [3.63, 3.8) is 0 Å². The Kier molecular flexibility index (Phi) is 3.71. The van der Waals surface area contributed by atoms with Crippen LogP contribution in [0.1, 0.15) is 12.6 Å². The monoisotopic (exact) mass is 262 g/mol. The van der Waals surface area contributed by atoms with Crippen molar-refractivity contribution in [3.05, 3.63) is 15.8 Å². The van der Waals surface area contributed by atoms with E-state index in [1.54, 1.807) is 0 Å². The number of aryl methyl sites for hydroxylation is 2. The van der Waals surface area contributed by atoms with Gasteiger partial charge in [0.2, 0.25) is 5.82 Å². The molecule has 96 valence electrons. The summed E-state index contributed by atoms with van der Waals surface area (Å²) in [5.41, 5.74) is 5.46. The first-order valence-electron chi connectivity index (χ1n) is 4.96. The summed E-state index contributed by atoms with van der Waals surface area (Å²) in [6.07, 6.45) is 0. The van der Waals surface area contributed by atoms with Crippen LogP contribution in [-0.4, -0.2) is 34.6 Å². The van der Waals surface area contributed by atoms with Gasteiger partial charge >= 0.3 is 5.69 Å². The Morgan fingerprint density at radius 1 is 1.53 bits per heavy atom. The molecular formula is C8H14N4O4S. The summed E-state index contributed by atoms with van der Waals surface area (Å²) in [6.45, 7) is 3.02. The third-order valence-electron chi connectivity index (χ3n) is 2.37. The molecule has 0 aliphatic rings. The van der Waals surface area contributed by atoms with Gasteiger partial charge in [-0.25, -0.2) is 13.1 Å². The zero-order valence-electron chi connectivity index (χ0n) is 9.58. The van der Waals surface area contributed by atoms with Gasteiger partial charge in [0.15, 0.2) is 9.84 Å². The first-order valence-corrected chi connectivity index (χ1v) is 6.78. The smallest absolute Gasteiger partial charge is 0.333 e. The third-order valence-corrected chi connectivity index (χ3v) is 4.05. The molecule has 0 aliphatic heterocycles. The fraction of sp³-hybridized carbons (Fsp3) is 0.625. The molecule has 0 atom stereocenters. The van der Waals surface area contributed by atoms with Gasteiger partial charge in [-0.15, -0.1) is 0 Å². The molecule has 1 aromatic heterocycles. The van der Waals surface area contributed by atoms with Crippen LogP contribution in [0.2, 0.25) is 0 Å². The lowest BCUT2D eigenvalue weighted by Crippen LogP contribution is -2.16. The maximum absolute atomic E-state index is 11.3. The molecular weight excluding hydrogens is 248 g/mol. The summed E-state index contributed by atoms with van der Waals surface area (Å²) in [4.78, 5) is 10.0. The second kappa shape index (κ2) is 4.70. The topological polar surface area (TPSA) is 121 Å². The second-order valence-electron chi connectivity index (χ2n) is 3.54. The highest BCUT2D eigenvalue weighted by molar-refractivity contribution is 7.91. The average Bonchev–Trinajstić information content (AvgIpc) is 2.51. The molecule has 0 fully saturated rings. The van der Waals surface area contributed by atoms with Crippen molar-refractivity contribution in [2.45, 2.75) is 20.4 Å². The molecule has 0 saturated carbocycles. The summed E-state index contributed by atoms with van der Waals surface area (Å²) >= 11 is 0. The van der Waals surface area contributed by atoms with Crippen LogP contribution in [0.5, 0.6) is 0 Å². The molecule has 0 saturated heterocycles. The number of nitrogens with two attached hydrogens (primary N) is 1. The van der Waals surface area contributed by atoms with Gasteiger partial charge < -0.3 is 5.73 Å². The van der Waals surface area contributed by atoms with E-state index >= 15 is 0 Å². The van der Waals surface area contributed by atoms with E-state index in [-0.39, 0.29) is 35.2 Å². The van der Waals surface area contributed by atoms with Gasteiger partial charge in [-0.2, -0.15) is 5.10 Å². The standard InChI is InChI=1S/C8H14N4O4S/c1-3-17(15,16)5-4-11-8(9)7(12(13)14)6(2)10-11/h3-5,9H2,1-2H3. The molecule has 0 unspecified atom stereocenters. The molecule has 0 spiro atoms. The van der Waals surface area contributed by atoms with Gasteiger partial charge in [-0.05, 0) is 6.92 Å². The van der Waals surface area contributed by atoms with Crippen LogP contribution in [0.15, 0.2) is 0 Å². The van der Waals surface area contributed by atoms with Crippen LogP contribution >= 0.6 is 0 Å². The van der Waals surface area contributed by atoms with Gasteiger partial charge in [-0.3, -0.25) is 10.1 Å². The SMILES string of the molecule is CCS(=O)(=O)CCn1nc(C)c([N+](=O)[O-])c1N. The molecule has 1 aromatic rings. The number of sulfone groups is 1. The van der Waals surface area contributed by atoms with E-state index in [4.69, 9.17) is 5.73 Å². The lowest BCUT2D eigenvalue weighted by molar-refractivity contribution is -0.384. The Morgan fingerprint density at radius 2 is 2.12 bits per heavy atom. The van der Waals surface area contributed by atoms with Crippen molar-refractivity contribution < 1.29 is 13.3 Å². The quantitative estimate of drug-likeness (QED) is 0.594. The maximum atomic E-state index is 11.3. The van der Waals surface area contributed by atoms with Crippen LogP contribution in [0.3, 0.4) is 0 Å². The van der Waals surface area contributed by atoms with Gasteiger partial charge in [-0.1, -0.05) is 6.92 Å². The molecule has 0 bridgehead atoms. The average molecular weight is 262 g/mol. The second-order valence-corrected chi connectivity index (χ2v) is 6.01. The predicted molar refractivity (Wildman–Crippen MR) is 62.4 cm³/mol. The van der Waals surface area contributed by atoms with E-state index in [9.17, 15) is 18.5 Å². The molecule has 0 radical (unpaired) electrons. The Labute approximate surface area is 98.5 Å². The van der Waals surface area contributed by atoms with Crippen molar-refractivity contribution in [3.8, 4) is 0 Å². The van der Waals surface area contributed by atoms with Crippen molar-refractivity contribution in [2.75, 3.05) is 17.2 Å². The molecule has 17 heavy (non-hydrogen) atoms. The van der Waals surface area contributed by atoms with Crippen LogP contribution in [0, 0.1) is 17.0 Å². The van der Waals surface area contributed by atoms with Crippen molar-refractivity contribution >= 4 is 21.3 Å². The maximum Gasteiger partial charge on any atom is 0.333 e. The van der Waals surface area contributed by atoms with E-state index in [0.29, 0.717) is 0 Å². The number of rotatable bonds is 5. The number of hydrogen-bond donors (Lipinski definition) is 1. The predicted octanol–water partition coefficient (Wildman–Crippen LogP) is 0.117. The number of nitro groups is 1. The van der Waals surface area contributed by atoms with Crippen molar-refractivity contribution in [1.29, 1.82) is 0 Å². The van der Waals surface area contributed by atoms with Gasteiger partial charge in [0.05, 0.1) is 17.2 Å². The highest BCUT2D eigenvalue weighted by Gasteiger charge is 2.23.